The highest BCUT2D eigenvalue weighted by Gasteiger charge is 2.11. The first-order valence-corrected chi connectivity index (χ1v) is 9.55. The first kappa shape index (κ1) is 19.6. The van der Waals surface area contributed by atoms with Crippen molar-refractivity contribution in [2.45, 2.75) is 6.92 Å². The van der Waals surface area contributed by atoms with Gasteiger partial charge >= 0.3 is 5.97 Å². The Kier molecular flexibility index (Phi) is 6.32. The molecular formula is C21H14BrCl2NO2. The summed E-state index contributed by atoms with van der Waals surface area (Å²) in [4.78, 5) is 16.8. The number of nitrogens with zero attached hydrogens (tertiary/aromatic N) is 1. The van der Waals surface area contributed by atoms with Gasteiger partial charge in [-0.3, -0.25) is 4.99 Å². The van der Waals surface area contributed by atoms with Crippen LogP contribution in [0.15, 0.2) is 70.1 Å². The second kappa shape index (κ2) is 8.70. The van der Waals surface area contributed by atoms with Crippen LogP contribution >= 0.6 is 39.1 Å². The highest BCUT2D eigenvalue weighted by atomic mass is 79.9. The number of hydrogen-bond acceptors (Lipinski definition) is 3. The zero-order chi connectivity index (χ0) is 19.4. The lowest BCUT2D eigenvalue weighted by Crippen LogP contribution is -2.09. The second-order valence-corrected chi connectivity index (χ2v) is 7.52. The first-order valence-electron chi connectivity index (χ1n) is 8.00. The molecule has 0 aliphatic heterocycles. The van der Waals surface area contributed by atoms with Gasteiger partial charge in [0.1, 0.15) is 5.75 Å². The van der Waals surface area contributed by atoms with Crippen molar-refractivity contribution in [1.29, 1.82) is 0 Å². The number of carbonyl (C=O) groups is 1. The molecule has 0 radical (unpaired) electrons. The molecule has 0 atom stereocenters. The summed E-state index contributed by atoms with van der Waals surface area (Å²) in [6.07, 6.45) is 1.61. The molecule has 3 rings (SSSR count). The Hall–Kier alpha value is -2.14. The van der Waals surface area contributed by atoms with Crippen molar-refractivity contribution in [3.8, 4) is 5.75 Å². The molecule has 0 aliphatic carbocycles. The van der Waals surface area contributed by atoms with Crippen LogP contribution in [-0.4, -0.2) is 12.2 Å². The van der Waals surface area contributed by atoms with Crippen molar-refractivity contribution in [1.82, 2.24) is 0 Å². The normalized spacial score (nSPS) is 11.0. The van der Waals surface area contributed by atoms with Crippen LogP contribution < -0.4 is 4.74 Å². The summed E-state index contributed by atoms with van der Waals surface area (Å²) >= 11 is 15.4. The number of esters is 1. The standard InChI is InChI=1S/C21H14BrCl2NO2/c1-13-2-4-14(5-3-13)21(26)27-20-9-6-16(22)10-15(20)12-25-17-7-8-18(23)19(24)11-17/h2-12H,1H3/b25-12+. The molecule has 136 valence electrons. The van der Waals surface area contributed by atoms with Crippen molar-refractivity contribution in [3.63, 3.8) is 0 Å². The van der Waals surface area contributed by atoms with Gasteiger partial charge in [0.15, 0.2) is 0 Å². The topological polar surface area (TPSA) is 38.7 Å². The SMILES string of the molecule is Cc1ccc(C(=O)Oc2ccc(Br)cc2/C=N/c2ccc(Cl)c(Cl)c2)cc1. The van der Waals surface area contributed by atoms with Crippen molar-refractivity contribution >= 4 is 57.0 Å². The molecule has 6 heteroatoms. The maximum atomic E-state index is 12.4. The van der Waals surface area contributed by atoms with E-state index in [1.807, 2.05) is 25.1 Å². The average Bonchev–Trinajstić information content (AvgIpc) is 2.65. The van der Waals surface area contributed by atoms with Crippen LogP contribution in [0.2, 0.25) is 10.0 Å². The van der Waals surface area contributed by atoms with Gasteiger partial charge in [0, 0.05) is 16.3 Å². The third-order valence-electron chi connectivity index (χ3n) is 3.72. The molecule has 0 unspecified atom stereocenters. The van der Waals surface area contributed by atoms with Gasteiger partial charge in [0.05, 0.1) is 21.3 Å². The van der Waals surface area contributed by atoms with Gasteiger partial charge in [-0.1, -0.05) is 56.8 Å². The summed E-state index contributed by atoms with van der Waals surface area (Å²) in [5.41, 5.74) is 2.84. The number of ether oxygens (including phenoxy) is 1. The third kappa shape index (κ3) is 5.19. The van der Waals surface area contributed by atoms with E-state index in [4.69, 9.17) is 27.9 Å². The monoisotopic (exact) mass is 461 g/mol. The fourth-order valence-electron chi connectivity index (χ4n) is 2.27. The number of carbonyl (C=O) groups excluding carboxylic acids is 1. The van der Waals surface area contributed by atoms with Gasteiger partial charge in [0.2, 0.25) is 0 Å². The van der Waals surface area contributed by atoms with E-state index >= 15 is 0 Å². The molecule has 0 aliphatic rings. The smallest absolute Gasteiger partial charge is 0.343 e. The number of halogens is 3. The lowest BCUT2D eigenvalue weighted by atomic mass is 10.1. The van der Waals surface area contributed by atoms with E-state index in [0.29, 0.717) is 32.6 Å². The molecule has 3 aromatic carbocycles. The molecule has 0 aromatic heterocycles. The largest absolute Gasteiger partial charge is 0.422 e. The Labute approximate surface area is 175 Å². The Balaban J connectivity index is 1.86. The quantitative estimate of drug-likeness (QED) is 0.237. The lowest BCUT2D eigenvalue weighted by molar-refractivity contribution is 0.0734. The summed E-state index contributed by atoms with van der Waals surface area (Å²) < 4.78 is 6.40. The van der Waals surface area contributed by atoms with Crippen molar-refractivity contribution in [3.05, 3.63) is 91.9 Å². The van der Waals surface area contributed by atoms with Crippen LogP contribution in [0.3, 0.4) is 0 Å². The molecule has 0 saturated heterocycles. The van der Waals surface area contributed by atoms with Crippen LogP contribution in [0.25, 0.3) is 0 Å². The maximum absolute atomic E-state index is 12.4. The summed E-state index contributed by atoms with van der Waals surface area (Å²) in [7, 11) is 0. The second-order valence-electron chi connectivity index (χ2n) is 5.79. The summed E-state index contributed by atoms with van der Waals surface area (Å²) in [5.74, 6) is -0.0194. The minimum atomic E-state index is -0.429. The van der Waals surface area contributed by atoms with E-state index in [9.17, 15) is 4.79 Å². The highest BCUT2D eigenvalue weighted by Crippen LogP contribution is 2.28. The van der Waals surface area contributed by atoms with Crippen LogP contribution in [0.4, 0.5) is 5.69 Å². The third-order valence-corrected chi connectivity index (χ3v) is 4.95. The molecule has 0 saturated carbocycles. The predicted octanol–water partition coefficient (Wildman–Crippen LogP) is 7.03. The minimum absolute atomic E-state index is 0.410. The lowest BCUT2D eigenvalue weighted by Gasteiger charge is -2.08. The Bertz CT molecular complexity index is 1020. The average molecular weight is 463 g/mol. The van der Waals surface area contributed by atoms with E-state index in [1.54, 1.807) is 48.7 Å². The molecule has 3 nitrogen and oxygen atoms in total. The van der Waals surface area contributed by atoms with E-state index in [2.05, 4.69) is 20.9 Å². The van der Waals surface area contributed by atoms with Crippen LogP contribution in [-0.2, 0) is 0 Å². The minimum Gasteiger partial charge on any atom is -0.422 e. The zero-order valence-corrected chi connectivity index (χ0v) is 17.3. The number of rotatable bonds is 4. The predicted molar refractivity (Wildman–Crippen MR) is 114 cm³/mol. The number of benzene rings is 3. The molecule has 0 bridgehead atoms. The Morgan fingerprint density at radius 3 is 2.44 bits per heavy atom. The van der Waals surface area contributed by atoms with Crippen molar-refractivity contribution < 1.29 is 9.53 Å². The summed E-state index contributed by atoms with van der Waals surface area (Å²) in [6.45, 7) is 1.96. The van der Waals surface area contributed by atoms with E-state index in [-0.39, 0.29) is 0 Å². The zero-order valence-electron chi connectivity index (χ0n) is 14.2. The Morgan fingerprint density at radius 2 is 1.74 bits per heavy atom. The fraction of sp³-hybridized carbons (Fsp3) is 0.0476. The van der Waals surface area contributed by atoms with Crippen molar-refractivity contribution in [2.24, 2.45) is 4.99 Å². The molecule has 0 N–H and O–H groups in total. The van der Waals surface area contributed by atoms with Crippen LogP contribution in [0.5, 0.6) is 5.75 Å². The number of aryl methyl sites for hydroxylation is 1. The molecule has 0 spiro atoms. The molecule has 3 aromatic rings. The van der Waals surface area contributed by atoms with E-state index in [1.165, 1.54) is 0 Å². The molecular weight excluding hydrogens is 449 g/mol. The van der Waals surface area contributed by atoms with Gasteiger partial charge in [-0.05, 0) is 55.5 Å². The summed E-state index contributed by atoms with van der Waals surface area (Å²) in [5, 5.41) is 0.886. The van der Waals surface area contributed by atoms with Gasteiger partial charge < -0.3 is 4.74 Å². The molecule has 0 amide bonds. The number of hydrogen-bond donors (Lipinski definition) is 0. The first-order chi connectivity index (χ1) is 12.9. The van der Waals surface area contributed by atoms with Gasteiger partial charge in [-0.2, -0.15) is 0 Å². The van der Waals surface area contributed by atoms with Crippen LogP contribution in [0.1, 0.15) is 21.5 Å². The van der Waals surface area contributed by atoms with Gasteiger partial charge in [-0.15, -0.1) is 0 Å². The molecule has 27 heavy (non-hydrogen) atoms. The fourth-order valence-corrected chi connectivity index (χ4v) is 2.94. The number of aliphatic imine (C=N–C) groups is 1. The van der Waals surface area contributed by atoms with Gasteiger partial charge in [-0.25, -0.2) is 4.79 Å². The maximum Gasteiger partial charge on any atom is 0.343 e. The van der Waals surface area contributed by atoms with E-state index in [0.717, 1.165) is 10.0 Å². The highest BCUT2D eigenvalue weighted by molar-refractivity contribution is 9.10. The summed E-state index contributed by atoms with van der Waals surface area (Å²) in [6, 6.07) is 17.6. The molecule has 0 fully saturated rings. The van der Waals surface area contributed by atoms with Gasteiger partial charge in [0.25, 0.3) is 0 Å². The Morgan fingerprint density at radius 1 is 1.00 bits per heavy atom. The van der Waals surface area contributed by atoms with Crippen molar-refractivity contribution in [2.75, 3.05) is 0 Å². The van der Waals surface area contributed by atoms with E-state index < -0.39 is 5.97 Å². The molecule has 0 heterocycles. The van der Waals surface area contributed by atoms with Crippen LogP contribution in [0, 0.1) is 6.92 Å².